The van der Waals surface area contributed by atoms with Gasteiger partial charge in [0.15, 0.2) is 5.12 Å². The van der Waals surface area contributed by atoms with Crippen LogP contribution in [0.1, 0.15) is 50.5 Å². The molecule has 0 radical (unpaired) electrons. The largest absolute Gasteiger partial charge is 0.491 e. The first kappa shape index (κ1) is 21.0. The molecule has 26 heavy (non-hydrogen) atoms. The summed E-state index contributed by atoms with van der Waals surface area (Å²) < 4.78 is 12.1. The highest BCUT2D eigenvalue weighted by atomic mass is 35.5. The van der Waals surface area contributed by atoms with Gasteiger partial charge in [-0.3, -0.25) is 4.79 Å². The van der Waals surface area contributed by atoms with Crippen molar-refractivity contribution < 1.29 is 24.0 Å². The van der Waals surface area contributed by atoms with Gasteiger partial charge >= 0.3 is 13.1 Å². The summed E-state index contributed by atoms with van der Waals surface area (Å²) in [7, 11) is -0.690. The summed E-state index contributed by atoms with van der Waals surface area (Å²) in [6, 6.07) is 4.70. The standard InChI is InChI=1S/C18H22BClO5S/c1-11(21)26-10-12(19-24-17(2,3)18(4,5)25-19)9-14-13(16(22)23)7-6-8-15(14)20/h6-9H,10H2,1-5H3,(H,22,23). The zero-order valence-electron chi connectivity index (χ0n) is 15.5. The van der Waals surface area contributed by atoms with E-state index in [1.807, 2.05) is 27.7 Å². The molecule has 8 heteroatoms. The number of hydrogen-bond donors (Lipinski definition) is 1. The first-order valence-corrected chi connectivity index (χ1v) is 9.52. The number of halogens is 1. The minimum absolute atomic E-state index is 0.0509. The van der Waals surface area contributed by atoms with Crippen LogP contribution in [0.25, 0.3) is 6.08 Å². The lowest BCUT2D eigenvalue weighted by atomic mass is 9.78. The van der Waals surface area contributed by atoms with E-state index >= 15 is 0 Å². The topological polar surface area (TPSA) is 72.8 Å². The van der Waals surface area contributed by atoms with Crippen molar-refractivity contribution in [2.45, 2.75) is 45.8 Å². The predicted molar refractivity (Wildman–Crippen MR) is 106 cm³/mol. The van der Waals surface area contributed by atoms with Gasteiger partial charge in [-0.15, -0.1) is 0 Å². The van der Waals surface area contributed by atoms with Crippen LogP contribution in [-0.4, -0.2) is 40.3 Å². The maximum atomic E-state index is 11.5. The van der Waals surface area contributed by atoms with Gasteiger partial charge in [0.05, 0.1) is 16.8 Å². The number of carboxylic acids is 1. The van der Waals surface area contributed by atoms with Crippen molar-refractivity contribution in [3.8, 4) is 0 Å². The zero-order valence-corrected chi connectivity index (χ0v) is 17.0. The Morgan fingerprint density at radius 1 is 1.23 bits per heavy atom. The minimum atomic E-state index is -1.08. The van der Waals surface area contributed by atoms with Gasteiger partial charge in [-0.2, -0.15) is 0 Å². The quantitative estimate of drug-likeness (QED) is 0.747. The lowest BCUT2D eigenvalue weighted by molar-refractivity contribution is -0.109. The Hall–Kier alpha value is -1.28. The van der Waals surface area contributed by atoms with Gasteiger partial charge < -0.3 is 14.4 Å². The number of thioether (sulfide) groups is 1. The van der Waals surface area contributed by atoms with Crippen molar-refractivity contribution >= 4 is 47.6 Å². The number of rotatable bonds is 5. The van der Waals surface area contributed by atoms with Crippen molar-refractivity contribution in [2.75, 3.05) is 5.75 Å². The molecule has 0 aliphatic carbocycles. The molecule has 0 saturated carbocycles. The summed E-state index contributed by atoms with van der Waals surface area (Å²) in [6.07, 6.45) is 1.66. The maximum absolute atomic E-state index is 11.5. The molecule has 0 atom stereocenters. The van der Waals surface area contributed by atoms with Crippen molar-refractivity contribution in [1.29, 1.82) is 0 Å². The Balaban J connectivity index is 2.49. The Morgan fingerprint density at radius 2 is 1.81 bits per heavy atom. The summed E-state index contributed by atoms with van der Waals surface area (Å²) in [5.74, 6) is -0.762. The molecule has 1 saturated heterocycles. The smallest absolute Gasteiger partial charge is 0.478 e. The lowest BCUT2D eigenvalue weighted by Gasteiger charge is -2.32. The zero-order chi connectivity index (χ0) is 19.7. The van der Waals surface area contributed by atoms with E-state index in [9.17, 15) is 14.7 Å². The summed E-state index contributed by atoms with van der Waals surface area (Å²) in [4.78, 5) is 23.0. The molecule has 1 aliphatic heterocycles. The van der Waals surface area contributed by atoms with Gasteiger partial charge in [-0.05, 0) is 45.3 Å². The maximum Gasteiger partial charge on any atom is 0.491 e. The first-order chi connectivity index (χ1) is 11.9. The Bertz CT molecular complexity index is 744. The van der Waals surface area contributed by atoms with E-state index in [1.165, 1.54) is 13.0 Å². The molecule has 1 aromatic carbocycles. The average Bonchev–Trinajstić information content (AvgIpc) is 2.72. The molecule has 1 aliphatic rings. The van der Waals surface area contributed by atoms with Crippen molar-refractivity contribution in [3.05, 3.63) is 39.8 Å². The molecular formula is C18H22BClO5S. The first-order valence-electron chi connectivity index (χ1n) is 8.16. The third kappa shape index (κ3) is 4.52. The molecule has 0 amide bonds. The number of carbonyl (C=O) groups excluding carboxylic acids is 1. The van der Waals surface area contributed by atoms with Crippen LogP contribution in [0, 0.1) is 0 Å². The van der Waals surface area contributed by atoms with E-state index in [4.69, 9.17) is 20.9 Å². The van der Waals surface area contributed by atoms with Gasteiger partial charge in [0.2, 0.25) is 0 Å². The molecular weight excluding hydrogens is 375 g/mol. The summed E-state index contributed by atoms with van der Waals surface area (Å²) in [5, 5.41) is 9.70. The highest BCUT2D eigenvalue weighted by molar-refractivity contribution is 8.13. The van der Waals surface area contributed by atoms with E-state index in [0.717, 1.165) is 11.8 Å². The fourth-order valence-electron chi connectivity index (χ4n) is 2.41. The van der Waals surface area contributed by atoms with Gasteiger partial charge in [-0.1, -0.05) is 35.5 Å². The average molecular weight is 397 g/mol. The van der Waals surface area contributed by atoms with Crippen LogP contribution in [0.2, 0.25) is 5.02 Å². The molecule has 140 valence electrons. The second-order valence-corrected chi connectivity index (χ2v) is 8.65. The number of hydrogen-bond acceptors (Lipinski definition) is 5. The van der Waals surface area contributed by atoms with Crippen molar-refractivity contribution in [1.82, 2.24) is 0 Å². The third-order valence-electron chi connectivity index (χ3n) is 4.61. The van der Waals surface area contributed by atoms with Crippen LogP contribution in [-0.2, 0) is 14.1 Å². The van der Waals surface area contributed by atoms with Crippen LogP contribution in [0.4, 0.5) is 0 Å². The van der Waals surface area contributed by atoms with Gasteiger partial charge in [0.1, 0.15) is 0 Å². The molecule has 0 unspecified atom stereocenters. The third-order valence-corrected chi connectivity index (χ3v) is 5.82. The van der Waals surface area contributed by atoms with E-state index in [2.05, 4.69) is 0 Å². The molecule has 1 heterocycles. The molecule has 0 bridgehead atoms. The second kappa shape index (κ2) is 7.76. The molecule has 1 fully saturated rings. The fourth-order valence-corrected chi connectivity index (χ4v) is 3.23. The monoisotopic (exact) mass is 396 g/mol. The van der Waals surface area contributed by atoms with Crippen molar-refractivity contribution in [2.24, 2.45) is 0 Å². The van der Waals surface area contributed by atoms with E-state index < -0.39 is 24.3 Å². The second-order valence-electron chi connectivity index (χ2n) is 7.09. The number of benzene rings is 1. The fraction of sp³-hybridized carbons (Fsp3) is 0.444. The van der Waals surface area contributed by atoms with E-state index in [-0.39, 0.29) is 10.7 Å². The Labute approximate surface area is 163 Å². The van der Waals surface area contributed by atoms with Crippen LogP contribution >= 0.6 is 23.4 Å². The van der Waals surface area contributed by atoms with Gasteiger partial charge in [0, 0.05) is 23.3 Å². The normalized spacial score (nSPS) is 18.8. The lowest BCUT2D eigenvalue weighted by Crippen LogP contribution is -2.41. The molecule has 2 rings (SSSR count). The Kier molecular flexibility index (Phi) is 6.28. The van der Waals surface area contributed by atoms with Crippen molar-refractivity contribution in [3.63, 3.8) is 0 Å². The summed E-state index contributed by atoms with van der Waals surface area (Å²) >= 11 is 7.34. The Morgan fingerprint density at radius 3 is 2.31 bits per heavy atom. The van der Waals surface area contributed by atoms with Gasteiger partial charge in [0.25, 0.3) is 0 Å². The molecule has 1 N–H and O–H groups in total. The predicted octanol–water partition coefficient (Wildman–Crippen LogP) is 4.33. The van der Waals surface area contributed by atoms with E-state index in [0.29, 0.717) is 21.8 Å². The summed E-state index contributed by atoms with van der Waals surface area (Å²) in [5.41, 5.74) is 0.0101. The molecule has 5 nitrogen and oxygen atoms in total. The molecule has 0 spiro atoms. The minimum Gasteiger partial charge on any atom is -0.478 e. The van der Waals surface area contributed by atoms with Crippen LogP contribution in [0.5, 0.6) is 0 Å². The number of carboxylic acid groups (broad SMARTS) is 1. The van der Waals surface area contributed by atoms with Gasteiger partial charge in [-0.25, -0.2) is 4.79 Å². The molecule has 1 aromatic rings. The summed E-state index contributed by atoms with van der Waals surface area (Å²) in [6.45, 7) is 9.20. The van der Waals surface area contributed by atoms with Crippen LogP contribution in [0.15, 0.2) is 23.7 Å². The van der Waals surface area contributed by atoms with Crippen LogP contribution < -0.4 is 0 Å². The SMILES string of the molecule is CC(=O)SCC(=Cc1c(Cl)cccc1C(=O)O)B1OC(C)(C)C(C)(C)O1. The van der Waals surface area contributed by atoms with E-state index in [1.54, 1.807) is 18.2 Å². The highest BCUT2D eigenvalue weighted by Crippen LogP contribution is 2.39. The molecule has 0 aromatic heterocycles. The highest BCUT2D eigenvalue weighted by Gasteiger charge is 2.52. The number of aromatic carboxylic acids is 1. The number of carbonyl (C=O) groups is 2. The van der Waals surface area contributed by atoms with Crippen LogP contribution in [0.3, 0.4) is 0 Å².